The fourth-order valence-corrected chi connectivity index (χ4v) is 3.64. The molecule has 0 bridgehead atoms. The van der Waals surface area contributed by atoms with Crippen LogP contribution in [0.1, 0.15) is 6.42 Å². The molecule has 7 heteroatoms. The SMILES string of the molecule is CNC(=O)C(CC1CN(c2ccccc2)CCN1c1cccc(O)c1)OC=O. The average Bonchev–Trinajstić information content (AvgIpc) is 2.73. The molecule has 1 aliphatic rings. The van der Waals surface area contributed by atoms with Crippen molar-refractivity contribution in [3.8, 4) is 5.75 Å². The number of amides is 1. The Morgan fingerprint density at radius 2 is 1.96 bits per heavy atom. The van der Waals surface area contributed by atoms with Crippen LogP contribution in [0.25, 0.3) is 0 Å². The monoisotopic (exact) mass is 383 g/mol. The van der Waals surface area contributed by atoms with Gasteiger partial charge in [0.2, 0.25) is 0 Å². The summed E-state index contributed by atoms with van der Waals surface area (Å²) in [6.45, 7) is 2.49. The zero-order chi connectivity index (χ0) is 19.9. The molecular formula is C21H25N3O4. The second-order valence-electron chi connectivity index (χ2n) is 6.72. The van der Waals surface area contributed by atoms with Crippen LogP contribution in [-0.4, -0.2) is 56.3 Å². The van der Waals surface area contributed by atoms with Gasteiger partial charge in [-0.25, -0.2) is 0 Å². The Balaban J connectivity index is 1.86. The molecule has 3 rings (SSSR count). The number of hydrogen-bond donors (Lipinski definition) is 2. The molecule has 1 heterocycles. The highest BCUT2D eigenvalue weighted by atomic mass is 16.5. The van der Waals surface area contributed by atoms with Crippen molar-refractivity contribution in [1.82, 2.24) is 5.32 Å². The summed E-state index contributed by atoms with van der Waals surface area (Å²) in [5.74, 6) is -0.145. The molecule has 0 aromatic heterocycles. The Labute approximate surface area is 164 Å². The van der Waals surface area contributed by atoms with Gasteiger partial charge in [-0.3, -0.25) is 9.59 Å². The maximum absolute atomic E-state index is 12.2. The third-order valence-electron chi connectivity index (χ3n) is 5.01. The van der Waals surface area contributed by atoms with E-state index < -0.39 is 6.10 Å². The van der Waals surface area contributed by atoms with Crippen molar-refractivity contribution in [3.63, 3.8) is 0 Å². The lowest BCUT2D eigenvalue weighted by atomic mass is 10.0. The van der Waals surface area contributed by atoms with Crippen LogP contribution in [0.4, 0.5) is 11.4 Å². The zero-order valence-corrected chi connectivity index (χ0v) is 15.8. The highest BCUT2D eigenvalue weighted by molar-refractivity contribution is 5.81. The minimum atomic E-state index is -0.872. The minimum absolute atomic E-state index is 0.0852. The predicted molar refractivity (Wildman–Crippen MR) is 108 cm³/mol. The summed E-state index contributed by atoms with van der Waals surface area (Å²) in [5.41, 5.74) is 1.98. The number of nitrogens with zero attached hydrogens (tertiary/aromatic N) is 2. The first kappa shape index (κ1) is 19.5. The summed E-state index contributed by atoms with van der Waals surface area (Å²) in [6, 6.07) is 17.1. The minimum Gasteiger partial charge on any atom is -0.508 e. The number of carbonyl (C=O) groups excluding carboxylic acids is 2. The summed E-state index contributed by atoms with van der Waals surface area (Å²) in [4.78, 5) is 27.5. The molecule has 0 aliphatic carbocycles. The Hall–Kier alpha value is -3.22. The Bertz CT molecular complexity index is 799. The molecule has 2 atom stereocenters. The largest absolute Gasteiger partial charge is 0.508 e. The third kappa shape index (κ3) is 4.54. The second kappa shape index (κ2) is 9.12. The summed E-state index contributed by atoms with van der Waals surface area (Å²) in [7, 11) is 1.52. The van der Waals surface area contributed by atoms with Crippen molar-refractivity contribution >= 4 is 23.8 Å². The van der Waals surface area contributed by atoms with Crippen molar-refractivity contribution in [2.24, 2.45) is 0 Å². The number of likely N-dealkylation sites (N-methyl/N-ethyl adjacent to an activating group) is 1. The number of piperazine rings is 1. The van der Waals surface area contributed by atoms with Crippen molar-refractivity contribution in [1.29, 1.82) is 0 Å². The highest BCUT2D eigenvalue weighted by Gasteiger charge is 2.32. The van der Waals surface area contributed by atoms with E-state index in [1.807, 2.05) is 24.3 Å². The van der Waals surface area contributed by atoms with Gasteiger partial charge in [0.15, 0.2) is 6.10 Å². The molecule has 0 saturated carbocycles. The second-order valence-corrected chi connectivity index (χ2v) is 6.72. The molecular weight excluding hydrogens is 358 g/mol. The molecule has 1 amide bonds. The number of hydrogen-bond acceptors (Lipinski definition) is 6. The molecule has 0 radical (unpaired) electrons. The molecule has 2 unspecified atom stereocenters. The summed E-state index contributed by atoms with van der Waals surface area (Å²) >= 11 is 0. The predicted octanol–water partition coefficient (Wildman–Crippen LogP) is 1.77. The van der Waals surface area contributed by atoms with E-state index in [-0.39, 0.29) is 17.7 Å². The number of phenolic OH excluding ortho intramolecular Hbond substituents is 1. The number of carbonyl (C=O) groups is 2. The smallest absolute Gasteiger partial charge is 0.293 e. The molecule has 2 N–H and O–H groups in total. The number of nitrogens with one attached hydrogen (secondary N) is 1. The van der Waals surface area contributed by atoms with Gasteiger partial charge < -0.3 is 25.0 Å². The number of benzene rings is 2. The van der Waals surface area contributed by atoms with Crippen molar-refractivity contribution in [2.75, 3.05) is 36.5 Å². The van der Waals surface area contributed by atoms with E-state index >= 15 is 0 Å². The van der Waals surface area contributed by atoms with Gasteiger partial charge in [0.25, 0.3) is 12.4 Å². The maximum Gasteiger partial charge on any atom is 0.293 e. The van der Waals surface area contributed by atoms with E-state index in [4.69, 9.17) is 4.74 Å². The van der Waals surface area contributed by atoms with Crippen LogP contribution in [-0.2, 0) is 14.3 Å². The van der Waals surface area contributed by atoms with Crippen LogP contribution in [0.3, 0.4) is 0 Å². The van der Waals surface area contributed by atoms with Gasteiger partial charge in [0.05, 0.1) is 6.04 Å². The Kier molecular flexibility index (Phi) is 6.37. The van der Waals surface area contributed by atoms with Crippen LogP contribution >= 0.6 is 0 Å². The number of para-hydroxylation sites is 1. The molecule has 1 aliphatic heterocycles. The van der Waals surface area contributed by atoms with Crippen molar-refractivity contribution in [3.05, 3.63) is 54.6 Å². The van der Waals surface area contributed by atoms with E-state index in [1.54, 1.807) is 18.2 Å². The van der Waals surface area contributed by atoms with Crippen molar-refractivity contribution < 1.29 is 19.4 Å². The zero-order valence-electron chi connectivity index (χ0n) is 15.8. The van der Waals surface area contributed by atoms with Gasteiger partial charge in [-0.15, -0.1) is 0 Å². The van der Waals surface area contributed by atoms with Gasteiger partial charge in [-0.05, 0) is 24.3 Å². The van der Waals surface area contributed by atoms with Crippen LogP contribution < -0.4 is 15.1 Å². The molecule has 2 aromatic rings. The Morgan fingerprint density at radius 1 is 1.21 bits per heavy atom. The average molecular weight is 383 g/mol. The fraction of sp³-hybridized carbons (Fsp3) is 0.333. The van der Waals surface area contributed by atoms with Crippen LogP contribution in [0.2, 0.25) is 0 Å². The van der Waals surface area contributed by atoms with Crippen LogP contribution in [0.15, 0.2) is 54.6 Å². The first-order valence-electron chi connectivity index (χ1n) is 9.28. The maximum atomic E-state index is 12.2. The van der Waals surface area contributed by atoms with E-state index in [2.05, 4.69) is 27.2 Å². The summed E-state index contributed by atoms with van der Waals surface area (Å²) < 4.78 is 5.06. The standard InChI is InChI=1S/C21H25N3O4/c1-22-21(27)20(28-15-25)13-18-14-23(16-6-3-2-4-7-16)10-11-24(18)17-8-5-9-19(26)12-17/h2-9,12,15,18,20,26H,10-11,13-14H2,1H3,(H,22,27). The van der Waals surface area contributed by atoms with Gasteiger partial charge in [-0.1, -0.05) is 24.3 Å². The lowest BCUT2D eigenvalue weighted by Gasteiger charge is -2.44. The molecule has 0 spiro atoms. The number of ether oxygens (including phenoxy) is 1. The third-order valence-corrected chi connectivity index (χ3v) is 5.01. The van der Waals surface area contributed by atoms with E-state index in [1.165, 1.54) is 7.05 Å². The van der Waals surface area contributed by atoms with Gasteiger partial charge in [0, 0.05) is 50.5 Å². The Morgan fingerprint density at radius 3 is 2.64 bits per heavy atom. The topological polar surface area (TPSA) is 82.1 Å². The fourth-order valence-electron chi connectivity index (χ4n) is 3.64. The molecule has 148 valence electrons. The van der Waals surface area contributed by atoms with Gasteiger partial charge >= 0.3 is 0 Å². The first-order valence-corrected chi connectivity index (χ1v) is 9.28. The summed E-state index contributed by atoms with van der Waals surface area (Å²) in [6.07, 6.45) is -0.528. The van der Waals surface area contributed by atoms with E-state index in [9.17, 15) is 14.7 Å². The number of rotatable bonds is 7. The molecule has 1 fully saturated rings. The molecule has 28 heavy (non-hydrogen) atoms. The number of anilines is 2. The molecule has 2 aromatic carbocycles. The highest BCUT2D eigenvalue weighted by Crippen LogP contribution is 2.28. The van der Waals surface area contributed by atoms with Gasteiger partial charge in [-0.2, -0.15) is 0 Å². The van der Waals surface area contributed by atoms with Gasteiger partial charge in [0.1, 0.15) is 5.75 Å². The van der Waals surface area contributed by atoms with Crippen LogP contribution in [0.5, 0.6) is 5.75 Å². The quantitative estimate of drug-likeness (QED) is 0.709. The first-order chi connectivity index (χ1) is 13.6. The molecule has 7 nitrogen and oxygen atoms in total. The van der Waals surface area contributed by atoms with Crippen molar-refractivity contribution in [2.45, 2.75) is 18.6 Å². The normalized spacial score (nSPS) is 17.7. The molecule has 1 saturated heterocycles. The van der Waals surface area contributed by atoms with Crippen LogP contribution in [0, 0.1) is 0 Å². The number of aromatic hydroxyl groups is 1. The number of phenols is 1. The van der Waals surface area contributed by atoms with E-state index in [0.29, 0.717) is 26.0 Å². The lowest BCUT2D eigenvalue weighted by molar-refractivity contribution is -0.145. The lowest BCUT2D eigenvalue weighted by Crippen LogP contribution is -2.55. The van der Waals surface area contributed by atoms with E-state index in [0.717, 1.165) is 17.9 Å². The summed E-state index contributed by atoms with van der Waals surface area (Å²) in [5, 5.41) is 12.4.